The fraction of sp³-hybridized carbons (Fsp3) is 0.188. The minimum Gasteiger partial charge on any atom is -0.490 e. The van der Waals surface area contributed by atoms with E-state index in [2.05, 4.69) is 15.9 Å². The molecule has 1 heterocycles. The molecule has 0 unspecified atom stereocenters. The van der Waals surface area contributed by atoms with Gasteiger partial charge in [0.1, 0.15) is 12.4 Å². The van der Waals surface area contributed by atoms with Gasteiger partial charge in [0.25, 0.3) is 5.91 Å². The highest BCUT2D eigenvalue weighted by molar-refractivity contribution is 9.10. The normalized spacial score (nSPS) is 13.6. The Labute approximate surface area is 126 Å². The number of nitrogens with zero attached hydrogens (tertiary/aromatic N) is 1. The molecule has 4 heteroatoms. The minimum absolute atomic E-state index is 0.00708. The van der Waals surface area contributed by atoms with E-state index in [1.54, 1.807) is 4.90 Å². The van der Waals surface area contributed by atoms with E-state index in [1.165, 1.54) is 0 Å². The number of ether oxygens (including phenoxy) is 1. The van der Waals surface area contributed by atoms with Gasteiger partial charge in [0, 0.05) is 10.0 Å². The van der Waals surface area contributed by atoms with E-state index in [9.17, 15) is 4.79 Å². The van der Waals surface area contributed by atoms with Crippen molar-refractivity contribution >= 4 is 27.5 Å². The summed E-state index contributed by atoms with van der Waals surface area (Å²) >= 11 is 3.38. The first-order valence-electron chi connectivity index (χ1n) is 6.46. The van der Waals surface area contributed by atoms with Crippen LogP contribution >= 0.6 is 15.9 Å². The fourth-order valence-corrected chi connectivity index (χ4v) is 2.55. The molecule has 3 rings (SSSR count). The number of amides is 1. The van der Waals surface area contributed by atoms with Crippen LogP contribution in [0.4, 0.5) is 5.69 Å². The second kappa shape index (κ2) is 5.29. The first-order valence-corrected chi connectivity index (χ1v) is 7.25. The second-order valence-electron chi connectivity index (χ2n) is 4.78. The number of benzene rings is 2. The number of hydrogen-bond donors (Lipinski definition) is 0. The molecule has 0 radical (unpaired) electrons. The van der Waals surface area contributed by atoms with Gasteiger partial charge in [0.2, 0.25) is 0 Å². The molecule has 0 saturated carbocycles. The van der Waals surface area contributed by atoms with Crippen LogP contribution in [0.1, 0.15) is 15.9 Å². The van der Waals surface area contributed by atoms with Crippen LogP contribution in [-0.4, -0.2) is 19.1 Å². The Bertz CT molecular complexity index is 652. The van der Waals surface area contributed by atoms with Crippen molar-refractivity contribution in [2.24, 2.45) is 0 Å². The summed E-state index contributed by atoms with van der Waals surface area (Å²) in [6.07, 6.45) is 0. The molecule has 2 aromatic carbocycles. The maximum absolute atomic E-state index is 12.6. The van der Waals surface area contributed by atoms with Crippen LogP contribution in [0.2, 0.25) is 0 Å². The standard InChI is InChI=1S/C16H14BrNO2/c1-11-2-7-15-14(10-11)18(8-9-20-15)16(19)12-3-5-13(17)6-4-12/h2-7,10H,8-9H2,1H3. The fourth-order valence-electron chi connectivity index (χ4n) is 2.29. The SMILES string of the molecule is Cc1ccc2c(c1)N(C(=O)c1ccc(Br)cc1)CCO2. The maximum atomic E-state index is 12.6. The first-order chi connectivity index (χ1) is 9.65. The molecule has 0 aromatic heterocycles. The zero-order valence-electron chi connectivity index (χ0n) is 11.1. The van der Waals surface area contributed by atoms with Gasteiger partial charge < -0.3 is 9.64 Å². The zero-order valence-corrected chi connectivity index (χ0v) is 12.7. The van der Waals surface area contributed by atoms with Crippen molar-refractivity contribution < 1.29 is 9.53 Å². The minimum atomic E-state index is 0.00708. The van der Waals surface area contributed by atoms with E-state index in [-0.39, 0.29) is 5.91 Å². The van der Waals surface area contributed by atoms with Crippen LogP contribution < -0.4 is 9.64 Å². The van der Waals surface area contributed by atoms with Gasteiger partial charge in [0.15, 0.2) is 0 Å². The number of anilines is 1. The summed E-state index contributed by atoms with van der Waals surface area (Å²) in [5, 5.41) is 0. The summed E-state index contributed by atoms with van der Waals surface area (Å²) in [4.78, 5) is 14.4. The molecule has 2 aromatic rings. The molecule has 20 heavy (non-hydrogen) atoms. The Kier molecular flexibility index (Phi) is 3.49. The summed E-state index contributed by atoms with van der Waals surface area (Å²) in [7, 11) is 0. The average Bonchev–Trinajstić information content (AvgIpc) is 2.46. The zero-order chi connectivity index (χ0) is 14.1. The lowest BCUT2D eigenvalue weighted by atomic mass is 10.1. The smallest absolute Gasteiger partial charge is 0.258 e. The molecular weight excluding hydrogens is 318 g/mol. The van der Waals surface area contributed by atoms with Crippen LogP contribution in [0.25, 0.3) is 0 Å². The number of fused-ring (bicyclic) bond motifs is 1. The Balaban J connectivity index is 1.97. The molecular formula is C16H14BrNO2. The molecule has 102 valence electrons. The van der Waals surface area contributed by atoms with Crippen LogP contribution in [0.15, 0.2) is 46.9 Å². The highest BCUT2D eigenvalue weighted by atomic mass is 79.9. The highest BCUT2D eigenvalue weighted by Crippen LogP contribution is 2.33. The number of carbonyl (C=O) groups excluding carboxylic acids is 1. The monoisotopic (exact) mass is 331 g/mol. The summed E-state index contributed by atoms with van der Waals surface area (Å²) in [5.74, 6) is 0.778. The Hall–Kier alpha value is -1.81. The van der Waals surface area contributed by atoms with E-state index in [0.29, 0.717) is 18.7 Å². The molecule has 1 amide bonds. The summed E-state index contributed by atoms with van der Waals surface area (Å²) in [5.41, 5.74) is 2.65. The Morgan fingerprint density at radius 1 is 1.20 bits per heavy atom. The van der Waals surface area contributed by atoms with E-state index >= 15 is 0 Å². The van der Waals surface area contributed by atoms with Gasteiger partial charge >= 0.3 is 0 Å². The molecule has 0 saturated heterocycles. The number of aryl methyl sites for hydroxylation is 1. The van der Waals surface area contributed by atoms with Gasteiger partial charge in [-0.3, -0.25) is 4.79 Å². The molecule has 0 atom stereocenters. The van der Waals surface area contributed by atoms with Gasteiger partial charge in [-0.15, -0.1) is 0 Å². The quantitative estimate of drug-likeness (QED) is 0.795. The number of rotatable bonds is 1. The predicted molar refractivity (Wildman–Crippen MR) is 82.5 cm³/mol. The third-order valence-electron chi connectivity index (χ3n) is 3.31. The lowest BCUT2D eigenvalue weighted by Crippen LogP contribution is -2.38. The number of hydrogen-bond acceptors (Lipinski definition) is 2. The summed E-state index contributed by atoms with van der Waals surface area (Å²) in [6, 6.07) is 13.3. The van der Waals surface area contributed by atoms with E-state index in [4.69, 9.17) is 4.74 Å². The van der Waals surface area contributed by atoms with Crippen molar-refractivity contribution in [3.05, 3.63) is 58.1 Å². The average molecular weight is 332 g/mol. The molecule has 1 aliphatic heterocycles. The largest absolute Gasteiger partial charge is 0.490 e. The van der Waals surface area contributed by atoms with Crippen molar-refractivity contribution in [1.29, 1.82) is 0 Å². The first kappa shape index (κ1) is 13.2. The third-order valence-corrected chi connectivity index (χ3v) is 3.84. The van der Waals surface area contributed by atoms with Gasteiger partial charge in [-0.1, -0.05) is 22.0 Å². The third kappa shape index (κ3) is 2.43. The van der Waals surface area contributed by atoms with Crippen molar-refractivity contribution in [1.82, 2.24) is 0 Å². The van der Waals surface area contributed by atoms with Crippen molar-refractivity contribution in [3.8, 4) is 5.75 Å². The molecule has 0 fully saturated rings. The highest BCUT2D eigenvalue weighted by Gasteiger charge is 2.24. The van der Waals surface area contributed by atoms with Crippen LogP contribution in [0.3, 0.4) is 0 Å². The molecule has 0 spiro atoms. The van der Waals surface area contributed by atoms with Crippen molar-refractivity contribution in [2.75, 3.05) is 18.1 Å². The molecule has 0 bridgehead atoms. The molecule has 1 aliphatic rings. The number of halogens is 1. The predicted octanol–water partition coefficient (Wildman–Crippen LogP) is 3.80. The van der Waals surface area contributed by atoms with Crippen LogP contribution in [0, 0.1) is 6.92 Å². The van der Waals surface area contributed by atoms with Gasteiger partial charge in [-0.2, -0.15) is 0 Å². The summed E-state index contributed by atoms with van der Waals surface area (Å²) in [6.45, 7) is 3.11. The lowest BCUT2D eigenvalue weighted by molar-refractivity contribution is 0.0976. The molecule has 0 N–H and O–H groups in total. The van der Waals surface area contributed by atoms with E-state index in [0.717, 1.165) is 21.5 Å². The Morgan fingerprint density at radius 3 is 2.70 bits per heavy atom. The second-order valence-corrected chi connectivity index (χ2v) is 5.70. The van der Waals surface area contributed by atoms with Crippen molar-refractivity contribution in [2.45, 2.75) is 6.92 Å². The maximum Gasteiger partial charge on any atom is 0.258 e. The lowest BCUT2D eigenvalue weighted by Gasteiger charge is -2.30. The summed E-state index contributed by atoms with van der Waals surface area (Å²) < 4.78 is 6.58. The van der Waals surface area contributed by atoms with Gasteiger partial charge in [-0.25, -0.2) is 0 Å². The van der Waals surface area contributed by atoms with Gasteiger partial charge in [0.05, 0.1) is 12.2 Å². The van der Waals surface area contributed by atoms with Crippen LogP contribution in [-0.2, 0) is 0 Å². The molecule has 3 nitrogen and oxygen atoms in total. The molecule has 0 aliphatic carbocycles. The van der Waals surface area contributed by atoms with E-state index < -0.39 is 0 Å². The van der Waals surface area contributed by atoms with Gasteiger partial charge in [-0.05, 0) is 48.9 Å². The van der Waals surface area contributed by atoms with Crippen LogP contribution in [0.5, 0.6) is 5.75 Å². The van der Waals surface area contributed by atoms with Crippen molar-refractivity contribution in [3.63, 3.8) is 0 Å². The Morgan fingerprint density at radius 2 is 1.95 bits per heavy atom. The number of carbonyl (C=O) groups is 1. The van der Waals surface area contributed by atoms with E-state index in [1.807, 2.05) is 49.4 Å². The topological polar surface area (TPSA) is 29.5 Å².